The molecule has 4 nitrogen and oxygen atoms in total. The van der Waals surface area contributed by atoms with Crippen LogP contribution < -0.4 is 15.4 Å². The number of carbonyl (C=O) groups is 1. The molecular weight excluding hydrogens is 276 g/mol. The Labute approximate surface area is 132 Å². The predicted octanol–water partition coefficient (Wildman–Crippen LogP) is 3.92. The number of nitrogens with one attached hydrogen (secondary N) is 2. The van der Waals surface area contributed by atoms with Crippen LogP contribution in [0.1, 0.15) is 63.5 Å². The molecule has 1 aliphatic heterocycles. The van der Waals surface area contributed by atoms with E-state index in [-0.39, 0.29) is 17.7 Å². The Morgan fingerprint density at radius 1 is 1.27 bits per heavy atom. The fourth-order valence-corrected chi connectivity index (χ4v) is 3.70. The van der Waals surface area contributed by atoms with Gasteiger partial charge in [-0.2, -0.15) is 0 Å². The van der Waals surface area contributed by atoms with Crippen LogP contribution in [0.15, 0.2) is 24.3 Å². The third-order valence-electron chi connectivity index (χ3n) is 4.80. The number of hydrogen-bond acceptors (Lipinski definition) is 2. The van der Waals surface area contributed by atoms with Gasteiger partial charge in [0.15, 0.2) is 0 Å². The van der Waals surface area contributed by atoms with E-state index in [2.05, 4.69) is 23.6 Å². The lowest BCUT2D eigenvalue weighted by Gasteiger charge is -2.44. The Kier molecular flexibility index (Phi) is 4.55. The van der Waals surface area contributed by atoms with Gasteiger partial charge in [-0.05, 0) is 38.2 Å². The van der Waals surface area contributed by atoms with Crippen LogP contribution in [0.2, 0.25) is 0 Å². The van der Waals surface area contributed by atoms with Crippen LogP contribution in [0.25, 0.3) is 0 Å². The lowest BCUT2D eigenvalue weighted by molar-refractivity contribution is -0.00118. The molecular formula is C18H26N2O2. The van der Waals surface area contributed by atoms with Crippen LogP contribution in [-0.2, 0) is 0 Å². The fraction of sp³-hybridized carbons (Fsp3) is 0.611. The first kappa shape index (κ1) is 15.2. The average Bonchev–Trinajstić information content (AvgIpc) is 2.53. The maximum absolute atomic E-state index is 12.1. The second-order valence-electron chi connectivity index (χ2n) is 6.54. The summed E-state index contributed by atoms with van der Waals surface area (Å²) in [4.78, 5) is 12.1. The maximum Gasteiger partial charge on any atom is 0.315 e. The number of amides is 2. The Morgan fingerprint density at radius 2 is 2.05 bits per heavy atom. The molecule has 0 bridgehead atoms. The van der Waals surface area contributed by atoms with Gasteiger partial charge in [0.2, 0.25) is 0 Å². The number of ether oxygens (including phenoxy) is 1. The molecule has 0 unspecified atom stereocenters. The molecule has 0 saturated heterocycles. The minimum atomic E-state index is -0.0880. The number of benzene rings is 1. The van der Waals surface area contributed by atoms with Crippen molar-refractivity contribution in [3.8, 4) is 5.75 Å². The molecule has 1 aromatic rings. The SMILES string of the molecule is CCCNC(=O)N[C@@H]1CC2(CCCCC2)Oc2ccccc21. The zero-order valence-electron chi connectivity index (χ0n) is 13.4. The summed E-state index contributed by atoms with van der Waals surface area (Å²) >= 11 is 0. The summed E-state index contributed by atoms with van der Waals surface area (Å²) in [5, 5.41) is 6.06. The molecule has 120 valence electrons. The van der Waals surface area contributed by atoms with Crippen LogP contribution in [0.5, 0.6) is 5.75 Å². The first-order valence-corrected chi connectivity index (χ1v) is 8.55. The van der Waals surface area contributed by atoms with E-state index in [1.54, 1.807) is 0 Å². The monoisotopic (exact) mass is 302 g/mol. The number of rotatable bonds is 3. The van der Waals surface area contributed by atoms with E-state index in [0.717, 1.165) is 37.0 Å². The highest BCUT2D eigenvalue weighted by Gasteiger charge is 2.42. The largest absolute Gasteiger partial charge is 0.487 e. The van der Waals surface area contributed by atoms with E-state index < -0.39 is 0 Å². The molecule has 22 heavy (non-hydrogen) atoms. The minimum absolute atomic E-state index is 0.0416. The molecule has 0 aromatic heterocycles. The molecule has 4 heteroatoms. The summed E-state index contributed by atoms with van der Waals surface area (Å²) in [5.74, 6) is 0.941. The molecule has 2 N–H and O–H groups in total. The molecule has 1 aliphatic carbocycles. The van der Waals surface area contributed by atoms with Crippen LogP contribution >= 0.6 is 0 Å². The smallest absolute Gasteiger partial charge is 0.315 e. The number of fused-ring (bicyclic) bond motifs is 1. The molecule has 1 aromatic carbocycles. The van der Waals surface area contributed by atoms with Crippen molar-refractivity contribution in [2.45, 2.75) is 63.5 Å². The van der Waals surface area contributed by atoms with Crippen molar-refractivity contribution in [2.24, 2.45) is 0 Å². The van der Waals surface area contributed by atoms with Crippen molar-refractivity contribution in [3.63, 3.8) is 0 Å². The lowest BCUT2D eigenvalue weighted by Crippen LogP contribution is -2.48. The topological polar surface area (TPSA) is 50.4 Å². The van der Waals surface area contributed by atoms with E-state index in [1.807, 2.05) is 18.2 Å². The second-order valence-corrected chi connectivity index (χ2v) is 6.54. The van der Waals surface area contributed by atoms with Gasteiger partial charge in [0.1, 0.15) is 11.4 Å². The van der Waals surface area contributed by atoms with E-state index in [4.69, 9.17) is 4.74 Å². The van der Waals surface area contributed by atoms with Crippen molar-refractivity contribution < 1.29 is 9.53 Å². The second kappa shape index (κ2) is 6.59. The highest BCUT2D eigenvalue weighted by molar-refractivity contribution is 5.74. The molecule has 1 fully saturated rings. The van der Waals surface area contributed by atoms with Gasteiger partial charge in [-0.15, -0.1) is 0 Å². The maximum atomic E-state index is 12.1. The highest BCUT2D eigenvalue weighted by atomic mass is 16.5. The standard InChI is InChI=1S/C18H26N2O2/c1-2-12-19-17(21)20-15-13-18(10-6-3-7-11-18)22-16-9-5-4-8-14(15)16/h4-5,8-9,15H,2-3,6-7,10-13H2,1H3,(H2,19,20,21)/t15-/m1/s1. The molecule has 3 rings (SSSR count). The van der Waals surface area contributed by atoms with E-state index >= 15 is 0 Å². The average molecular weight is 302 g/mol. The quantitative estimate of drug-likeness (QED) is 0.889. The predicted molar refractivity (Wildman–Crippen MR) is 87.1 cm³/mol. The minimum Gasteiger partial charge on any atom is -0.487 e. The molecule has 1 atom stereocenters. The van der Waals surface area contributed by atoms with Crippen LogP contribution in [0.3, 0.4) is 0 Å². The van der Waals surface area contributed by atoms with Gasteiger partial charge >= 0.3 is 6.03 Å². The Bertz CT molecular complexity index is 524. The van der Waals surface area contributed by atoms with Gasteiger partial charge in [0.05, 0.1) is 6.04 Å². The number of carbonyl (C=O) groups excluding carboxylic acids is 1. The fourth-order valence-electron chi connectivity index (χ4n) is 3.70. The highest BCUT2D eigenvalue weighted by Crippen LogP contribution is 2.45. The molecule has 1 spiro atoms. The van der Waals surface area contributed by atoms with Crippen LogP contribution in [0, 0.1) is 0 Å². The summed E-state index contributed by atoms with van der Waals surface area (Å²) in [6.45, 7) is 2.77. The van der Waals surface area contributed by atoms with E-state index in [0.29, 0.717) is 6.54 Å². The number of para-hydroxylation sites is 1. The zero-order valence-corrected chi connectivity index (χ0v) is 13.4. The molecule has 2 aliphatic rings. The number of hydrogen-bond donors (Lipinski definition) is 2. The van der Waals surface area contributed by atoms with Crippen molar-refractivity contribution in [1.29, 1.82) is 0 Å². The third-order valence-corrected chi connectivity index (χ3v) is 4.80. The first-order valence-electron chi connectivity index (χ1n) is 8.55. The van der Waals surface area contributed by atoms with Gasteiger partial charge in [0, 0.05) is 18.5 Å². The normalized spacial score (nSPS) is 22.5. The van der Waals surface area contributed by atoms with Gasteiger partial charge in [-0.25, -0.2) is 4.79 Å². The summed E-state index contributed by atoms with van der Waals surface area (Å²) in [7, 11) is 0. The number of urea groups is 1. The van der Waals surface area contributed by atoms with Crippen molar-refractivity contribution in [1.82, 2.24) is 10.6 Å². The van der Waals surface area contributed by atoms with Crippen LogP contribution in [-0.4, -0.2) is 18.2 Å². The van der Waals surface area contributed by atoms with Crippen LogP contribution in [0.4, 0.5) is 4.79 Å². The lowest BCUT2D eigenvalue weighted by atomic mass is 9.77. The van der Waals surface area contributed by atoms with Crippen molar-refractivity contribution >= 4 is 6.03 Å². The molecule has 2 amide bonds. The van der Waals surface area contributed by atoms with E-state index in [1.165, 1.54) is 19.3 Å². The first-order chi connectivity index (χ1) is 10.7. The Balaban J connectivity index is 1.79. The van der Waals surface area contributed by atoms with Crippen molar-refractivity contribution in [2.75, 3.05) is 6.54 Å². The summed E-state index contributed by atoms with van der Waals surface area (Å²) in [6, 6.07) is 8.09. The third kappa shape index (κ3) is 3.21. The van der Waals surface area contributed by atoms with E-state index in [9.17, 15) is 4.79 Å². The Morgan fingerprint density at radius 3 is 2.82 bits per heavy atom. The zero-order chi connectivity index (χ0) is 15.4. The summed E-state index contributed by atoms with van der Waals surface area (Å²) in [5.41, 5.74) is 1.01. The van der Waals surface area contributed by atoms with Gasteiger partial charge in [0.25, 0.3) is 0 Å². The van der Waals surface area contributed by atoms with Gasteiger partial charge in [-0.3, -0.25) is 0 Å². The Hall–Kier alpha value is -1.71. The molecule has 1 saturated carbocycles. The van der Waals surface area contributed by atoms with Gasteiger partial charge < -0.3 is 15.4 Å². The van der Waals surface area contributed by atoms with Crippen molar-refractivity contribution in [3.05, 3.63) is 29.8 Å². The molecule has 1 heterocycles. The van der Waals surface area contributed by atoms with Gasteiger partial charge in [-0.1, -0.05) is 31.5 Å². The molecule has 0 radical (unpaired) electrons. The summed E-state index contributed by atoms with van der Waals surface area (Å²) in [6.07, 6.45) is 7.74. The summed E-state index contributed by atoms with van der Waals surface area (Å²) < 4.78 is 6.38.